The van der Waals surface area contributed by atoms with E-state index in [2.05, 4.69) is 15.6 Å². The van der Waals surface area contributed by atoms with E-state index in [0.717, 1.165) is 24.2 Å². The molecule has 2 aromatic carbocycles. The summed E-state index contributed by atoms with van der Waals surface area (Å²) in [6.45, 7) is 4.64. The summed E-state index contributed by atoms with van der Waals surface area (Å²) < 4.78 is 34.1. The van der Waals surface area contributed by atoms with Gasteiger partial charge in [-0.05, 0) is 72.4 Å². The highest BCUT2D eigenvalue weighted by Gasteiger charge is 2.53. The molecule has 2 heterocycles. The van der Waals surface area contributed by atoms with Crippen LogP contribution in [0.3, 0.4) is 0 Å². The maximum absolute atomic E-state index is 13.6. The van der Waals surface area contributed by atoms with Gasteiger partial charge in [-0.25, -0.2) is 8.42 Å². The first-order chi connectivity index (χ1) is 17.5. The molecule has 1 saturated heterocycles. The zero-order chi connectivity index (χ0) is 25.1. The monoisotopic (exact) mass is 506 g/mol. The maximum Gasteiger partial charge on any atom is 0.251 e. The number of piperidine rings is 1. The zero-order valence-electron chi connectivity index (χ0n) is 20.1. The van der Waals surface area contributed by atoms with Crippen LogP contribution in [0.5, 0.6) is 5.75 Å². The van der Waals surface area contributed by atoms with E-state index < -0.39 is 10.0 Å². The number of carbonyl (C=O) groups excluding carboxylic acids is 1. The third-order valence-corrected chi connectivity index (χ3v) is 8.62. The summed E-state index contributed by atoms with van der Waals surface area (Å²) in [5.74, 6) is 1.62. The Morgan fingerprint density at radius 1 is 1.03 bits per heavy atom. The second-order valence-electron chi connectivity index (χ2n) is 9.22. The van der Waals surface area contributed by atoms with Gasteiger partial charge in [0.2, 0.25) is 10.0 Å². The molecule has 3 atom stereocenters. The number of amides is 1. The van der Waals surface area contributed by atoms with E-state index in [-0.39, 0.29) is 29.9 Å². The van der Waals surface area contributed by atoms with Crippen molar-refractivity contribution in [3.05, 3.63) is 89.7 Å². The van der Waals surface area contributed by atoms with Gasteiger partial charge in [0.25, 0.3) is 5.91 Å². The number of pyridine rings is 1. The predicted molar refractivity (Wildman–Crippen MR) is 136 cm³/mol. The van der Waals surface area contributed by atoms with Crippen LogP contribution >= 0.6 is 0 Å². The third-order valence-electron chi connectivity index (χ3n) is 6.82. The van der Waals surface area contributed by atoms with Gasteiger partial charge in [0.05, 0.1) is 11.5 Å². The second-order valence-corrected chi connectivity index (χ2v) is 11.2. The Labute approximate surface area is 211 Å². The lowest BCUT2D eigenvalue weighted by Gasteiger charge is -2.23. The first-order valence-corrected chi connectivity index (χ1v) is 13.6. The van der Waals surface area contributed by atoms with E-state index >= 15 is 0 Å². The first-order valence-electron chi connectivity index (χ1n) is 12.2. The molecule has 1 aromatic heterocycles. The minimum absolute atomic E-state index is 0.0878. The molecular weight excluding hydrogens is 476 g/mol. The van der Waals surface area contributed by atoms with Crippen molar-refractivity contribution in [1.82, 2.24) is 19.9 Å². The Kier molecular flexibility index (Phi) is 7.04. The van der Waals surface area contributed by atoms with Gasteiger partial charge >= 0.3 is 0 Å². The van der Waals surface area contributed by atoms with Gasteiger partial charge in [-0.15, -0.1) is 0 Å². The summed E-state index contributed by atoms with van der Waals surface area (Å²) in [6, 6.07) is 17.5. The van der Waals surface area contributed by atoms with Crippen LogP contribution in [0.4, 0.5) is 0 Å². The zero-order valence-corrected chi connectivity index (χ0v) is 20.9. The lowest BCUT2D eigenvalue weighted by Crippen LogP contribution is -2.32. The van der Waals surface area contributed by atoms with Crippen molar-refractivity contribution in [2.75, 3.05) is 19.7 Å². The number of hydrogen-bond donors (Lipinski definition) is 2. The summed E-state index contributed by atoms with van der Waals surface area (Å²) >= 11 is 0. The molecule has 9 heteroatoms. The number of ether oxygens (including phenoxy) is 1. The van der Waals surface area contributed by atoms with Crippen LogP contribution in [-0.4, -0.2) is 49.4 Å². The van der Waals surface area contributed by atoms with Crippen molar-refractivity contribution in [2.24, 2.45) is 11.8 Å². The molecule has 0 bridgehead atoms. The van der Waals surface area contributed by atoms with E-state index in [1.165, 1.54) is 4.31 Å². The quantitative estimate of drug-likeness (QED) is 0.439. The van der Waals surface area contributed by atoms with Crippen molar-refractivity contribution in [3.63, 3.8) is 0 Å². The lowest BCUT2D eigenvalue weighted by molar-refractivity contribution is 0.0946. The number of nitrogens with one attached hydrogen (secondary N) is 2. The van der Waals surface area contributed by atoms with Gasteiger partial charge in [-0.2, -0.15) is 4.31 Å². The first kappa shape index (κ1) is 24.4. The highest BCUT2D eigenvalue weighted by atomic mass is 32.2. The number of carbonyl (C=O) groups is 1. The van der Waals surface area contributed by atoms with Gasteiger partial charge < -0.3 is 15.4 Å². The molecule has 5 rings (SSSR count). The Balaban J connectivity index is 1.32. The standard InChI is InChI=1S/C27H30N4O4S/c1-2-35-22-9-11-23(12-10-22)36(33,34)31(18-20-4-3-13-28-14-20)17-19-5-7-21(8-6-19)27(32)30-26-24-15-29-16-25(24)26/h3-14,24-26,29H,2,15-18H2,1H3,(H,30,32)/t24-,25+,26?. The molecule has 8 nitrogen and oxygen atoms in total. The Morgan fingerprint density at radius 3 is 2.36 bits per heavy atom. The third kappa shape index (κ3) is 5.28. The fraction of sp³-hybridized carbons (Fsp3) is 0.333. The topological polar surface area (TPSA) is 101 Å². The predicted octanol–water partition coefficient (Wildman–Crippen LogP) is 2.82. The molecule has 2 fully saturated rings. The highest BCUT2D eigenvalue weighted by Crippen LogP contribution is 2.41. The summed E-state index contributed by atoms with van der Waals surface area (Å²) in [7, 11) is -3.81. The van der Waals surface area contributed by atoms with Gasteiger partial charge in [-0.3, -0.25) is 9.78 Å². The number of aromatic nitrogens is 1. The molecule has 0 spiro atoms. The van der Waals surface area contributed by atoms with Crippen molar-refractivity contribution in [2.45, 2.75) is 31.0 Å². The molecule has 1 aliphatic heterocycles. The van der Waals surface area contributed by atoms with Crippen LogP contribution in [-0.2, 0) is 23.1 Å². The van der Waals surface area contributed by atoms with E-state index in [0.29, 0.717) is 29.8 Å². The summed E-state index contributed by atoms with van der Waals surface area (Å²) in [5.41, 5.74) is 2.15. The molecule has 1 aliphatic carbocycles. The molecule has 188 valence electrons. The molecule has 2 aliphatic rings. The van der Waals surface area contributed by atoms with Gasteiger partial charge in [-0.1, -0.05) is 18.2 Å². The van der Waals surface area contributed by atoms with E-state index in [4.69, 9.17) is 4.74 Å². The van der Waals surface area contributed by atoms with Crippen molar-refractivity contribution in [1.29, 1.82) is 0 Å². The molecule has 3 aromatic rings. The Morgan fingerprint density at radius 2 is 1.72 bits per heavy atom. The molecule has 0 radical (unpaired) electrons. The van der Waals surface area contributed by atoms with E-state index in [1.54, 1.807) is 54.9 Å². The molecule has 36 heavy (non-hydrogen) atoms. The largest absolute Gasteiger partial charge is 0.494 e. The van der Waals surface area contributed by atoms with E-state index in [1.807, 2.05) is 25.1 Å². The van der Waals surface area contributed by atoms with Gasteiger partial charge in [0, 0.05) is 50.2 Å². The molecule has 1 amide bonds. The molecule has 1 saturated carbocycles. The summed E-state index contributed by atoms with van der Waals surface area (Å²) in [5, 5.41) is 6.45. The van der Waals surface area contributed by atoms with Gasteiger partial charge in [0.1, 0.15) is 5.75 Å². The van der Waals surface area contributed by atoms with Crippen molar-refractivity contribution in [3.8, 4) is 5.75 Å². The number of benzene rings is 2. The lowest BCUT2D eigenvalue weighted by atomic mass is 10.1. The highest BCUT2D eigenvalue weighted by molar-refractivity contribution is 7.89. The summed E-state index contributed by atoms with van der Waals surface area (Å²) in [4.78, 5) is 17.0. The molecule has 1 unspecified atom stereocenters. The fourth-order valence-electron chi connectivity index (χ4n) is 4.78. The minimum atomic E-state index is -3.81. The van der Waals surface area contributed by atoms with Crippen LogP contribution < -0.4 is 15.4 Å². The van der Waals surface area contributed by atoms with Crippen LogP contribution in [0.1, 0.15) is 28.4 Å². The smallest absolute Gasteiger partial charge is 0.251 e. The van der Waals surface area contributed by atoms with Crippen LogP contribution in [0, 0.1) is 11.8 Å². The minimum Gasteiger partial charge on any atom is -0.494 e. The van der Waals surface area contributed by atoms with Crippen LogP contribution in [0.2, 0.25) is 0 Å². The number of rotatable bonds is 10. The number of hydrogen-bond acceptors (Lipinski definition) is 6. The summed E-state index contributed by atoms with van der Waals surface area (Å²) in [6.07, 6.45) is 3.32. The molecular formula is C27H30N4O4S. The van der Waals surface area contributed by atoms with Crippen LogP contribution in [0.15, 0.2) is 78.0 Å². The van der Waals surface area contributed by atoms with Crippen LogP contribution in [0.25, 0.3) is 0 Å². The second kappa shape index (κ2) is 10.4. The Hall–Kier alpha value is -3.27. The number of sulfonamides is 1. The normalized spacial score (nSPS) is 20.7. The van der Waals surface area contributed by atoms with Gasteiger partial charge in [0.15, 0.2) is 0 Å². The number of nitrogens with zero attached hydrogens (tertiary/aromatic N) is 2. The van der Waals surface area contributed by atoms with Crippen molar-refractivity contribution >= 4 is 15.9 Å². The van der Waals surface area contributed by atoms with Crippen molar-refractivity contribution < 1.29 is 17.9 Å². The Bertz CT molecular complexity index is 1290. The fourth-order valence-corrected chi connectivity index (χ4v) is 6.19. The number of fused-ring (bicyclic) bond motifs is 1. The SMILES string of the molecule is CCOc1ccc(S(=O)(=O)N(Cc2ccc(C(=O)NC3[C@H]4CNC[C@@H]34)cc2)Cc2cccnc2)cc1. The van der Waals surface area contributed by atoms with E-state index in [9.17, 15) is 13.2 Å². The average Bonchev–Trinajstić information content (AvgIpc) is 3.29. The molecule has 2 N–H and O–H groups in total. The maximum atomic E-state index is 13.6. The average molecular weight is 507 g/mol.